The van der Waals surface area contributed by atoms with E-state index in [1.807, 2.05) is 17.5 Å². The Balaban J connectivity index is 1.32. The number of amides is 2. The molecule has 0 saturated carbocycles. The Morgan fingerprint density at radius 1 is 1.42 bits per heavy atom. The fourth-order valence-electron chi connectivity index (χ4n) is 2.48. The zero-order chi connectivity index (χ0) is 18.5. The van der Waals surface area contributed by atoms with Crippen LogP contribution in [-0.4, -0.2) is 71.7 Å². The van der Waals surface area contributed by atoms with Crippen LogP contribution in [0.3, 0.4) is 0 Å². The summed E-state index contributed by atoms with van der Waals surface area (Å²) in [6.07, 6.45) is 1.62. The number of aromatic nitrogens is 2. The Hall–Kier alpha value is -2.26. The molecule has 0 radical (unpaired) electrons. The molecule has 0 atom stereocenters. The molecule has 1 aliphatic rings. The fourth-order valence-corrected chi connectivity index (χ4v) is 3.13. The van der Waals surface area contributed by atoms with Crippen molar-refractivity contribution in [2.75, 3.05) is 33.8 Å². The summed E-state index contributed by atoms with van der Waals surface area (Å²) in [5.74, 6) is 1.16. The monoisotopic (exact) mass is 378 g/mol. The molecule has 0 aliphatic carbocycles. The molecule has 0 unspecified atom stereocenters. The van der Waals surface area contributed by atoms with Gasteiger partial charge in [0.2, 0.25) is 23.5 Å². The zero-order valence-corrected chi connectivity index (χ0v) is 15.7. The number of likely N-dealkylation sites (tertiary alicyclic amines) is 1. The maximum absolute atomic E-state index is 12.1. The van der Waals surface area contributed by atoms with Gasteiger partial charge in [0.1, 0.15) is 6.61 Å². The summed E-state index contributed by atoms with van der Waals surface area (Å²) in [5.41, 5.74) is 0. The molecule has 3 heterocycles. The predicted octanol–water partition coefficient (Wildman–Crippen LogP) is 1.44. The number of thiophene rings is 1. The topological polar surface area (TPSA) is 88.8 Å². The van der Waals surface area contributed by atoms with Crippen molar-refractivity contribution in [3.63, 3.8) is 0 Å². The van der Waals surface area contributed by atoms with E-state index < -0.39 is 0 Å². The van der Waals surface area contributed by atoms with Crippen LogP contribution in [0.15, 0.2) is 22.0 Å². The van der Waals surface area contributed by atoms with E-state index in [0.29, 0.717) is 44.1 Å². The number of ether oxygens (including phenoxy) is 1. The Labute approximate surface area is 155 Å². The minimum Gasteiger partial charge on any atom is -0.365 e. The van der Waals surface area contributed by atoms with Crippen molar-refractivity contribution < 1.29 is 18.8 Å². The number of aryl methyl sites for hydroxylation is 1. The van der Waals surface area contributed by atoms with Crippen LogP contribution in [0.5, 0.6) is 0 Å². The molecule has 2 aromatic rings. The van der Waals surface area contributed by atoms with Gasteiger partial charge in [-0.2, -0.15) is 4.98 Å². The second-order valence-electron chi connectivity index (χ2n) is 6.36. The first kappa shape index (κ1) is 18.5. The molecule has 2 amide bonds. The van der Waals surface area contributed by atoms with Gasteiger partial charge in [0.25, 0.3) is 0 Å². The van der Waals surface area contributed by atoms with Crippen LogP contribution in [0.4, 0.5) is 0 Å². The number of carbonyl (C=O) groups is 2. The lowest BCUT2D eigenvalue weighted by Gasteiger charge is -2.39. The first-order chi connectivity index (χ1) is 12.5. The third-order valence-corrected chi connectivity index (χ3v) is 5.00. The summed E-state index contributed by atoms with van der Waals surface area (Å²) in [6.45, 7) is 1.15. The third-order valence-electron chi connectivity index (χ3n) is 4.13. The Kier molecular flexibility index (Phi) is 6.00. The normalized spacial score (nSPS) is 14.3. The van der Waals surface area contributed by atoms with Gasteiger partial charge in [-0.3, -0.25) is 9.59 Å². The van der Waals surface area contributed by atoms with E-state index in [4.69, 9.17) is 9.26 Å². The molecule has 2 aromatic heterocycles. The number of hydrogen-bond donors (Lipinski definition) is 0. The van der Waals surface area contributed by atoms with Crippen LogP contribution < -0.4 is 0 Å². The lowest BCUT2D eigenvalue weighted by molar-refractivity contribution is -0.150. The van der Waals surface area contributed by atoms with Gasteiger partial charge in [-0.25, -0.2) is 0 Å². The Morgan fingerprint density at radius 3 is 2.92 bits per heavy atom. The smallest absolute Gasteiger partial charge is 0.248 e. The van der Waals surface area contributed by atoms with Crippen LogP contribution in [0, 0.1) is 0 Å². The van der Waals surface area contributed by atoms with Gasteiger partial charge in [0.05, 0.1) is 11.0 Å². The second-order valence-corrected chi connectivity index (χ2v) is 7.31. The summed E-state index contributed by atoms with van der Waals surface area (Å²) in [7, 11) is 3.38. The van der Waals surface area contributed by atoms with E-state index in [0.717, 1.165) is 4.88 Å². The van der Waals surface area contributed by atoms with E-state index in [-0.39, 0.29) is 24.5 Å². The first-order valence-electron chi connectivity index (χ1n) is 8.49. The van der Waals surface area contributed by atoms with Crippen LogP contribution in [-0.2, 0) is 20.7 Å². The molecule has 3 rings (SSSR count). The number of hydrogen-bond acceptors (Lipinski definition) is 7. The number of nitrogens with zero attached hydrogens (tertiary/aromatic N) is 4. The molecular formula is C17H22N4O4S. The first-order valence-corrected chi connectivity index (χ1v) is 9.37. The molecule has 0 spiro atoms. The van der Waals surface area contributed by atoms with Gasteiger partial charge in [-0.1, -0.05) is 11.2 Å². The molecule has 1 aliphatic heterocycles. The average molecular weight is 378 g/mol. The maximum atomic E-state index is 12.1. The minimum atomic E-state index is -0.0729. The van der Waals surface area contributed by atoms with E-state index in [2.05, 4.69) is 10.1 Å². The standard InChI is InChI=1S/C17H22N4O4S/c1-20(2)16(23)11-24-12-9-21(10-12)15(22)7-3-6-14-18-17(19-25-14)13-5-4-8-26-13/h4-5,8,12H,3,6-7,9-11H2,1-2H3. The highest BCUT2D eigenvalue weighted by Gasteiger charge is 2.31. The predicted molar refractivity (Wildman–Crippen MR) is 95.6 cm³/mol. The highest BCUT2D eigenvalue weighted by Crippen LogP contribution is 2.22. The van der Waals surface area contributed by atoms with Crippen LogP contribution in [0.2, 0.25) is 0 Å². The highest BCUT2D eigenvalue weighted by atomic mass is 32.1. The quantitative estimate of drug-likeness (QED) is 0.691. The molecule has 1 saturated heterocycles. The van der Waals surface area contributed by atoms with Crippen LogP contribution in [0.1, 0.15) is 18.7 Å². The largest absolute Gasteiger partial charge is 0.365 e. The number of likely N-dealkylation sites (N-methyl/N-ethyl adjacent to an activating group) is 1. The van der Waals surface area contributed by atoms with Crippen LogP contribution >= 0.6 is 11.3 Å². The number of rotatable bonds is 8. The molecule has 0 bridgehead atoms. The van der Waals surface area contributed by atoms with Crippen LogP contribution in [0.25, 0.3) is 10.7 Å². The maximum Gasteiger partial charge on any atom is 0.248 e. The summed E-state index contributed by atoms with van der Waals surface area (Å²) in [6, 6.07) is 3.88. The van der Waals surface area contributed by atoms with E-state index >= 15 is 0 Å². The molecule has 26 heavy (non-hydrogen) atoms. The lowest BCUT2D eigenvalue weighted by atomic mass is 10.1. The van der Waals surface area contributed by atoms with Crippen molar-refractivity contribution in [3.05, 3.63) is 23.4 Å². The fraction of sp³-hybridized carbons (Fsp3) is 0.529. The van der Waals surface area contributed by atoms with Crippen molar-refractivity contribution in [2.45, 2.75) is 25.4 Å². The summed E-state index contributed by atoms with van der Waals surface area (Å²) in [5, 5.41) is 5.92. The van der Waals surface area contributed by atoms with Crippen molar-refractivity contribution in [1.29, 1.82) is 0 Å². The van der Waals surface area contributed by atoms with Gasteiger partial charge in [-0.05, 0) is 17.9 Å². The molecule has 140 valence electrons. The van der Waals surface area contributed by atoms with Gasteiger partial charge in [-0.15, -0.1) is 11.3 Å². The van der Waals surface area contributed by atoms with Crippen molar-refractivity contribution >= 4 is 23.2 Å². The van der Waals surface area contributed by atoms with E-state index in [9.17, 15) is 9.59 Å². The minimum absolute atomic E-state index is 0.0489. The summed E-state index contributed by atoms with van der Waals surface area (Å²) >= 11 is 1.56. The third kappa shape index (κ3) is 4.67. The second kappa shape index (κ2) is 8.41. The van der Waals surface area contributed by atoms with Gasteiger partial charge in [0, 0.05) is 40.0 Å². The van der Waals surface area contributed by atoms with Crippen molar-refractivity contribution in [1.82, 2.24) is 19.9 Å². The van der Waals surface area contributed by atoms with Gasteiger partial charge < -0.3 is 19.1 Å². The van der Waals surface area contributed by atoms with E-state index in [1.165, 1.54) is 4.90 Å². The molecular weight excluding hydrogens is 356 g/mol. The highest BCUT2D eigenvalue weighted by molar-refractivity contribution is 7.13. The molecule has 1 fully saturated rings. The van der Waals surface area contributed by atoms with E-state index in [1.54, 1.807) is 30.3 Å². The summed E-state index contributed by atoms with van der Waals surface area (Å²) in [4.78, 5) is 32.1. The molecule has 9 heteroatoms. The van der Waals surface area contributed by atoms with Crippen molar-refractivity contribution in [3.8, 4) is 10.7 Å². The number of carbonyl (C=O) groups excluding carboxylic acids is 2. The van der Waals surface area contributed by atoms with Gasteiger partial charge in [0.15, 0.2) is 0 Å². The van der Waals surface area contributed by atoms with Crippen molar-refractivity contribution in [2.24, 2.45) is 0 Å². The average Bonchev–Trinajstić information content (AvgIpc) is 3.24. The Morgan fingerprint density at radius 2 is 2.23 bits per heavy atom. The molecule has 0 N–H and O–H groups in total. The summed E-state index contributed by atoms with van der Waals surface area (Å²) < 4.78 is 10.7. The zero-order valence-electron chi connectivity index (χ0n) is 14.9. The molecule has 0 aromatic carbocycles. The molecule has 8 nitrogen and oxygen atoms in total. The van der Waals surface area contributed by atoms with Gasteiger partial charge >= 0.3 is 0 Å². The lowest BCUT2D eigenvalue weighted by Crippen LogP contribution is -2.55. The SMILES string of the molecule is CN(C)C(=O)COC1CN(C(=O)CCCc2nc(-c3cccs3)no2)C1. The Bertz CT molecular complexity index is 738.